The summed E-state index contributed by atoms with van der Waals surface area (Å²) in [6, 6.07) is 14.6. The highest BCUT2D eigenvalue weighted by Crippen LogP contribution is 2.35. The number of ether oxygens (including phenoxy) is 1. The molecule has 1 aromatic heterocycles. The van der Waals surface area contributed by atoms with Crippen molar-refractivity contribution < 1.29 is 28.6 Å². The number of nitrogens with one attached hydrogen (secondary N) is 1. The number of hydrogen-bond acceptors (Lipinski definition) is 8. The van der Waals surface area contributed by atoms with Gasteiger partial charge in [-0.05, 0) is 61.1 Å². The Labute approximate surface area is 247 Å². The number of rotatable bonds is 7. The first kappa shape index (κ1) is 28.3. The highest BCUT2D eigenvalue weighted by atomic mass is 19.1. The van der Waals surface area contributed by atoms with Crippen molar-refractivity contribution in [2.45, 2.75) is 51.0 Å². The summed E-state index contributed by atoms with van der Waals surface area (Å²) in [7, 11) is 0. The molecule has 2 fully saturated rings. The molecule has 10 nitrogen and oxygen atoms in total. The van der Waals surface area contributed by atoms with Crippen LogP contribution >= 0.6 is 0 Å². The van der Waals surface area contributed by atoms with E-state index in [2.05, 4.69) is 15.2 Å². The fraction of sp³-hybridized carbons (Fsp3) is 0.344. The van der Waals surface area contributed by atoms with Crippen molar-refractivity contribution >= 4 is 23.4 Å². The highest BCUT2D eigenvalue weighted by Gasteiger charge is 2.40. The molecule has 2 saturated heterocycles. The van der Waals surface area contributed by atoms with Gasteiger partial charge in [0.2, 0.25) is 11.8 Å². The summed E-state index contributed by atoms with van der Waals surface area (Å²) in [5, 5.41) is 22.3. The topological polar surface area (TPSA) is 136 Å². The summed E-state index contributed by atoms with van der Waals surface area (Å²) in [6.07, 6.45) is 2.74. The molecular weight excluding hydrogens is 553 g/mol. The maximum absolute atomic E-state index is 15.2. The number of aliphatic hydroxyl groups excluding tert-OH is 1. The monoisotopic (exact) mass is 583 g/mol. The zero-order valence-corrected chi connectivity index (χ0v) is 23.3. The standard InChI is InChI=1S/C32H30FN5O5/c33-26-14-20(30(40)19-10-12-37(13-11-19)23-7-6-22(15-34)35-16-23)4-5-21(26)18-43-28-3-1-2-24-25(28)17-38(32(24)42)27-8-9-29(39)36-31(27)41/h1-7,14,16,19,27,30,40H,8-13,17-18H2,(H,36,39,41)/t27-,30+/m0/s1. The molecule has 0 bridgehead atoms. The summed E-state index contributed by atoms with van der Waals surface area (Å²) in [5.74, 6) is -1.24. The number of hydrogen-bond donors (Lipinski definition) is 2. The fourth-order valence-electron chi connectivity index (χ4n) is 6.10. The number of nitriles is 1. The van der Waals surface area contributed by atoms with E-state index in [1.165, 1.54) is 11.0 Å². The van der Waals surface area contributed by atoms with Gasteiger partial charge in [0, 0.05) is 36.2 Å². The van der Waals surface area contributed by atoms with E-state index in [9.17, 15) is 19.5 Å². The van der Waals surface area contributed by atoms with E-state index in [1.54, 1.807) is 42.6 Å². The van der Waals surface area contributed by atoms with Crippen molar-refractivity contribution in [1.29, 1.82) is 5.26 Å². The first-order valence-corrected chi connectivity index (χ1v) is 14.3. The quantitative estimate of drug-likeness (QED) is 0.404. The van der Waals surface area contributed by atoms with Crippen LogP contribution < -0.4 is 15.0 Å². The van der Waals surface area contributed by atoms with Crippen LogP contribution in [0.3, 0.4) is 0 Å². The van der Waals surface area contributed by atoms with E-state index in [4.69, 9.17) is 10.00 Å². The normalized spacial score (nSPS) is 19.6. The highest BCUT2D eigenvalue weighted by molar-refractivity contribution is 6.05. The number of pyridine rings is 1. The molecule has 6 rings (SSSR count). The maximum Gasteiger partial charge on any atom is 0.255 e. The van der Waals surface area contributed by atoms with Crippen LogP contribution in [-0.2, 0) is 22.7 Å². The average molecular weight is 584 g/mol. The van der Waals surface area contributed by atoms with Crippen molar-refractivity contribution in [2.24, 2.45) is 5.92 Å². The third-order valence-corrected chi connectivity index (χ3v) is 8.55. The lowest BCUT2D eigenvalue weighted by molar-refractivity contribution is -0.136. The van der Waals surface area contributed by atoms with Crippen molar-refractivity contribution in [3.8, 4) is 11.8 Å². The minimum absolute atomic E-state index is 0.0270. The van der Waals surface area contributed by atoms with E-state index >= 15 is 4.39 Å². The molecule has 43 heavy (non-hydrogen) atoms. The van der Waals surface area contributed by atoms with Gasteiger partial charge in [-0.2, -0.15) is 5.26 Å². The number of imide groups is 1. The van der Waals surface area contributed by atoms with Crippen LogP contribution in [0.25, 0.3) is 0 Å². The molecule has 0 unspecified atom stereocenters. The van der Waals surface area contributed by atoms with Crippen LogP contribution in [0.2, 0.25) is 0 Å². The lowest BCUT2D eigenvalue weighted by atomic mass is 9.87. The first-order chi connectivity index (χ1) is 20.8. The smallest absolute Gasteiger partial charge is 0.255 e. The van der Waals surface area contributed by atoms with Gasteiger partial charge >= 0.3 is 0 Å². The molecule has 3 aliphatic rings. The second-order valence-corrected chi connectivity index (χ2v) is 11.1. The van der Waals surface area contributed by atoms with E-state index in [0.717, 1.165) is 18.5 Å². The van der Waals surface area contributed by atoms with E-state index in [-0.39, 0.29) is 43.7 Å². The van der Waals surface area contributed by atoms with Gasteiger partial charge < -0.3 is 19.6 Å². The minimum atomic E-state index is -0.813. The van der Waals surface area contributed by atoms with E-state index in [0.29, 0.717) is 46.8 Å². The third-order valence-electron chi connectivity index (χ3n) is 8.55. The Morgan fingerprint density at radius 2 is 1.93 bits per heavy atom. The van der Waals surface area contributed by atoms with Gasteiger partial charge in [-0.15, -0.1) is 0 Å². The van der Waals surface area contributed by atoms with Crippen LogP contribution in [0, 0.1) is 23.1 Å². The average Bonchev–Trinajstić information content (AvgIpc) is 3.36. The summed E-state index contributed by atoms with van der Waals surface area (Å²) in [6.45, 7) is 1.51. The van der Waals surface area contributed by atoms with Gasteiger partial charge in [-0.1, -0.05) is 18.2 Å². The lowest BCUT2D eigenvalue weighted by Crippen LogP contribution is -2.52. The molecule has 0 radical (unpaired) electrons. The number of carbonyl (C=O) groups is 3. The molecule has 2 atom stereocenters. The van der Waals surface area contributed by atoms with Gasteiger partial charge in [0.05, 0.1) is 24.5 Å². The van der Waals surface area contributed by atoms with E-state index < -0.39 is 23.9 Å². The molecule has 2 aromatic carbocycles. The zero-order chi connectivity index (χ0) is 30.1. The molecule has 11 heteroatoms. The molecule has 220 valence electrons. The van der Waals surface area contributed by atoms with Crippen LogP contribution in [0.1, 0.15) is 64.5 Å². The number of aromatic nitrogens is 1. The van der Waals surface area contributed by atoms with Gasteiger partial charge in [0.15, 0.2) is 0 Å². The van der Waals surface area contributed by atoms with Crippen molar-refractivity contribution in [1.82, 2.24) is 15.2 Å². The largest absolute Gasteiger partial charge is 0.488 e. The number of aliphatic hydroxyl groups is 1. The predicted molar refractivity (Wildman–Crippen MR) is 152 cm³/mol. The minimum Gasteiger partial charge on any atom is -0.488 e. The van der Waals surface area contributed by atoms with Crippen LogP contribution in [-0.4, -0.2) is 51.8 Å². The first-order valence-electron chi connectivity index (χ1n) is 14.3. The summed E-state index contributed by atoms with van der Waals surface area (Å²) in [5.41, 5.74) is 3.15. The number of amides is 3. The van der Waals surface area contributed by atoms with Gasteiger partial charge in [-0.25, -0.2) is 9.37 Å². The van der Waals surface area contributed by atoms with Crippen molar-refractivity contribution in [2.75, 3.05) is 18.0 Å². The van der Waals surface area contributed by atoms with Gasteiger partial charge in [0.25, 0.3) is 5.91 Å². The Hall–Kier alpha value is -4.82. The van der Waals surface area contributed by atoms with Gasteiger partial charge in [0.1, 0.15) is 36.0 Å². The summed E-state index contributed by atoms with van der Waals surface area (Å²) >= 11 is 0. The molecule has 0 saturated carbocycles. The number of fused-ring (bicyclic) bond motifs is 1. The molecule has 0 aliphatic carbocycles. The number of halogens is 1. The maximum atomic E-state index is 15.2. The molecule has 2 N–H and O–H groups in total. The van der Waals surface area contributed by atoms with Crippen LogP contribution in [0.15, 0.2) is 54.7 Å². The Bertz CT molecular complexity index is 1610. The molecule has 4 heterocycles. The molecule has 0 spiro atoms. The number of benzene rings is 2. The molecule has 3 aromatic rings. The van der Waals surface area contributed by atoms with Crippen LogP contribution in [0.4, 0.5) is 10.1 Å². The SMILES string of the molecule is N#Cc1ccc(N2CCC([C@@H](O)c3ccc(COc4cccc5c4CN([C@H]4CCC(=O)NC4=O)C5=O)c(F)c3)CC2)cn1. The predicted octanol–water partition coefficient (Wildman–Crippen LogP) is 3.38. The second-order valence-electron chi connectivity index (χ2n) is 11.1. The molecular formula is C32H30FN5O5. The Kier molecular flexibility index (Phi) is 7.78. The van der Waals surface area contributed by atoms with Crippen molar-refractivity contribution in [3.05, 3.63) is 88.5 Å². The summed E-state index contributed by atoms with van der Waals surface area (Å²) in [4.78, 5) is 44.7. The number of carbonyl (C=O) groups excluding carboxylic acids is 3. The van der Waals surface area contributed by atoms with Gasteiger partial charge in [-0.3, -0.25) is 19.7 Å². The molecule has 3 aliphatic heterocycles. The Morgan fingerprint density at radius 1 is 1.12 bits per heavy atom. The zero-order valence-electron chi connectivity index (χ0n) is 23.3. The number of piperidine rings is 2. The third kappa shape index (κ3) is 5.66. The van der Waals surface area contributed by atoms with E-state index in [1.807, 2.05) is 12.1 Å². The number of anilines is 1. The van der Waals surface area contributed by atoms with Crippen molar-refractivity contribution in [3.63, 3.8) is 0 Å². The lowest BCUT2D eigenvalue weighted by Gasteiger charge is -2.35. The number of nitrogens with zero attached hydrogens (tertiary/aromatic N) is 4. The second kappa shape index (κ2) is 11.8. The summed E-state index contributed by atoms with van der Waals surface area (Å²) < 4.78 is 21.1. The van der Waals surface area contributed by atoms with Crippen LogP contribution in [0.5, 0.6) is 5.75 Å². The Morgan fingerprint density at radius 3 is 2.63 bits per heavy atom. The molecule has 3 amide bonds. The fourth-order valence-corrected chi connectivity index (χ4v) is 6.10. The Balaban J connectivity index is 1.07.